The molecule has 0 fully saturated rings. The lowest BCUT2D eigenvalue weighted by Gasteiger charge is -2.20. The maximum atomic E-state index is 12.9. The lowest BCUT2D eigenvalue weighted by atomic mass is 9.83. The maximum Gasteiger partial charge on any atom is 0.513 e. The molecule has 0 bridgehead atoms. The van der Waals surface area contributed by atoms with E-state index in [9.17, 15) is 19.2 Å². The summed E-state index contributed by atoms with van der Waals surface area (Å²) in [6.45, 7) is 3.32. The van der Waals surface area contributed by atoms with Gasteiger partial charge in [0.2, 0.25) is 0 Å². The number of carbonyl (C=O) groups excluding carboxylic acids is 4. The second-order valence-corrected chi connectivity index (χ2v) is 5.62. The average molecular weight is 384 g/mol. The summed E-state index contributed by atoms with van der Waals surface area (Å²) >= 11 is 0. The second-order valence-electron chi connectivity index (χ2n) is 5.62. The van der Waals surface area contributed by atoms with Gasteiger partial charge in [-0.2, -0.15) is 0 Å². The third-order valence-corrected chi connectivity index (χ3v) is 3.88. The first-order valence-corrected chi connectivity index (χ1v) is 8.51. The highest BCUT2D eigenvalue weighted by Gasteiger charge is 2.34. The predicted octanol–water partition coefficient (Wildman–Crippen LogP) is 3.53. The van der Waals surface area contributed by atoms with Crippen LogP contribution in [0, 0.1) is 0 Å². The summed E-state index contributed by atoms with van der Waals surface area (Å²) in [5, 5.41) is 0. The van der Waals surface area contributed by atoms with Gasteiger partial charge in [-0.1, -0.05) is 24.3 Å². The van der Waals surface area contributed by atoms with E-state index in [-0.39, 0.29) is 47.0 Å². The first-order chi connectivity index (χ1) is 13.5. The number of rotatable bonds is 4. The largest absolute Gasteiger partial charge is 0.513 e. The number of hydrogen-bond acceptors (Lipinski definition) is 8. The zero-order chi connectivity index (χ0) is 20.3. The number of fused-ring (bicyclic) bond motifs is 2. The second kappa shape index (κ2) is 7.91. The van der Waals surface area contributed by atoms with Gasteiger partial charge in [-0.15, -0.1) is 0 Å². The fraction of sp³-hybridized carbons (Fsp3) is 0.200. The molecule has 0 spiro atoms. The molecule has 0 radical (unpaired) electrons. The minimum atomic E-state index is -1.06. The van der Waals surface area contributed by atoms with Gasteiger partial charge in [0.1, 0.15) is 11.5 Å². The zero-order valence-corrected chi connectivity index (χ0v) is 15.1. The first kappa shape index (κ1) is 19.1. The number of carbonyl (C=O) groups is 4. The van der Waals surface area contributed by atoms with Gasteiger partial charge in [0.25, 0.3) is 0 Å². The molecule has 144 valence electrons. The van der Waals surface area contributed by atoms with Gasteiger partial charge >= 0.3 is 12.3 Å². The summed E-state index contributed by atoms with van der Waals surface area (Å²) in [6, 6.07) is 8.67. The van der Waals surface area contributed by atoms with E-state index in [0.717, 1.165) is 6.07 Å². The first-order valence-electron chi connectivity index (χ1n) is 8.51. The van der Waals surface area contributed by atoms with Crippen molar-refractivity contribution >= 4 is 23.9 Å². The van der Waals surface area contributed by atoms with Gasteiger partial charge < -0.3 is 18.9 Å². The number of benzene rings is 2. The molecule has 8 nitrogen and oxygen atoms in total. The predicted molar refractivity (Wildman–Crippen MR) is 95.0 cm³/mol. The number of hydrogen-bond donors (Lipinski definition) is 0. The van der Waals surface area contributed by atoms with Crippen molar-refractivity contribution in [3.05, 3.63) is 58.7 Å². The fourth-order valence-electron chi connectivity index (χ4n) is 2.78. The monoisotopic (exact) mass is 384 g/mol. The summed E-state index contributed by atoms with van der Waals surface area (Å²) in [4.78, 5) is 49.2. The molecular formula is C20H16O8. The van der Waals surface area contributed by atoms with Crippen molar-refractivity contribution < 1.29 is 38.1 Å². The molecule has 1 aliphatic rings. The van der Waals surface area contributed by atoms with Crippen LogP contribution in [0.3, 0.4) is 0 Å². The molecule has 28 heavy (non-hydrogen) atoms. The molecule has 2 aromatic rings. The molecule has 0 saturated carbocycles. The summed E-state index contributed by atoms with van der Waals surface area (Å²) in [6.07, 6.45) is -2.06. The van der Waals surface area contributed by atoms with Crippen LogP contribution >= 0.6 is 0 Å². The van der Waals surface area contributed by atoms with Gasteiger partial charge in [-0.05, 0) is 19.9 Å². The molecule has 0 saturated heterocycles. The van der Waals surface area contributed by atoms with Crippen LogP contribution in [-0.2, 0) is 9.47 Å². The van der Waals surface area contributed by atoms with Crippen molar-refractivity contribution in [1.82, 2.24) is 0 Å². The minimum Gasteiger partial charge on any atom is -0.434 e. The standard InChI is InChI=1S/C20H16O8/c1-3-25-19(23)27-11-9-14-16(15(10-11)28-20(24)26-4-2)18(22)13-8-6-5-7-12(13)17(14)21/h5-10H,3-4H2,1-2H3. The molecule has 0 aromatic heterocycles. The van der Waals surface area contributed by atoms with Crippen LogP contribution in [0.15, 0.2) is 36.4 Å². The Labute approximate surface area is 160 Å². The molecule has 0 heterocycles. The van der Waals surface area contributed by atoms with Crippen LogP contribution in [0.4, 0.5) is 9.59 Å². The fourth-order valence-corrected chi connectivity index (χ4v) is 2.78. The highest BCUT2D eigenvalue weighted by molar-refractivity contribution is 6.29. The Morgan fingerprint density at radius 2 is 1.36 bits per heavy atom. The molecular weight excluding hydrogens is 368 g/mol. The van der Waals surface area contributed by atoms with Gasteiger partial charge in [-0.3, -0.25) is 9.59 Å². The summed E-state index contributed by atoms with van der Waals surface area (Å²) in [5.41, 5.74) is 0.237. The lowest BCUT2D eigenvalue weighted by Crippen LogP contribution is -2.23. The Morgan fingerprint density at radius 3 is 1.96 bits per heavy atom. The smallest absolute Gasteiger partial charge is 0.434 e. The van der Waals surface area contributed by atoms with Crippen LogP contribution in [0.1, 0.15) is 45.7 Å². The molecule has 0 aliphatic heterocycles. The van der Waals surface area contributed by atoms with Crippen LogP contribution < -0.4 is 9.47 Å². The van der Waals surface area contributed by atoms with E-state index in [2.05, 4.69) is 0 Å². The van der Waals surface area contributed by atoms with Crippen molar-refractivity contribution in [1.29, 1.82) is 0 Å². The Kier molecular flexibility index (Phi) is 5.39. The molecule has 0 unspecified atom stereocenters. The zero-order valence-electron chi connectivity index (χ0n) is 15.1. The van der Waals surface area contributed by atoms with Crippen LogP contribution in [0.2, 0.25) is 0 Å². The third-order valence-electron chi connectivity index (χ3n) is 3.88. The van der Waals surface area contributed by atoms with Crippen LogP contribution in [-0.4, -0.2) is 37.1 Å². The molecule has 0 atom stereocenters. The molecule has 2 aromatic carbocycles. The molecule has 0 amide bonds. The summed E-state index contributed by atoms with van der Waals surface area (Å²) < 4.78 is 19.6. The van der Waals surface area contributed by atoms with E-state index in [1.807, 2.05) is 0 Å². The van der Waals surface area contributed by atoms with E-state index in [4.69, 9.17) is 18.9 Å². The van der Waals surface area contributed by atoms with Crippen molar-refractivity contribution in [2.24, 2.45) is 0 Å². The molecule has 1 aliphatic carbocycles. The Balaban J connectivity index is 2.12. The SMILES string of the molecule is CCOC(=O)Oc1cc(OC(=O)OCC)c2c(c1)C(=O)c1ccccc1C2=O. The topological polar surface area (TPSA) is 105 Å². The van der Waals surface area contributed by atoms with Crippen LogP contribution in [0.5, 0.6) is 11.5 Å². The van der Waals surface area contributed by atoms with E-state index in [1.54, 1.807) is 26.0 Å². The van der Waals surface area contributed by atoms with Gasteiger partial charge in [-0.25, -0.2) is 9.59 Å². The highest BCUT2D eigenvalue weighted by Crippen LogP contribution is 2.37. The van der Waals surface area contributed by atoms with Gasteiger partial charge in [0, 0.05) is 22.8 Å². The van der Waals surface area contributed by atoms with Gasteiger partial charge in [0.15, 0.2) is 11.6 Å². The van der Waals surface area contributed by atoms with Gasteiger partial charge in [0.05, 0.1) is 18.8 Å². The molecule has 8 heteroatoms. The van der Waals surface area contributed by atoms with Crippen molar-refractivity contribution in [2.75, 3.05) is 13.2 Å². The quantitative estimate of drug-likeness (QED) is 0.497. The Morgan fingerprint density at radius 1 is 0.786 bits per heavy atom. The lowest BCUT2D eigenvalue weighted by molar-refractivity contribution is 0.0953. The third kappa shape index (κ3) is 3.57. The van der Waals surface area contributed by atoms with Crippen LogP contribution in [0.25, 0.3) is 0 Å². The minimum absolute atomic E-state index is 0.0511. The van der Waals surface area contributed by atoms with E-state index in [1.165, 1.54) is 18.2 Å². The normalized spacial score (nSPS) is 11.9. The maximum absolute atomic E-state index is 12.9. The summed E-state index contributed by atoms with van der Waals surface area (Å²) in [5.74, 6) is -1.32. The average Bonchev–Trinajstić information content (AvgIpc) is 2.66. The molecule has 0 N–H and O–H groups in total. The Bertz CT molecular complexity index is 976. The number of ketones is 2. The van der Waals surface area contributed by atoms with Crippen molar-refractivity contribution in [3.8, 4) is 11.5 Å². The Hall–Kier alpha value is -3.68. The molecule has 3 rings (SSSR count). The van der Waals surface area contributed by atoms with E-state index in [0.29, 0.717) is 0 Å². The van der Waals surface area contributed by atoms with Crippen molar-refractivity contribution in [3.63, 3.8) is 0 Å². The number of ether oxygens (including phenoxy) is 4. The van der Waals surface area contributed by atoms with Crippen molar-refractivity contribution in [2.45, 2.75) is 13.8 Å². The van der Waals surface area contributed by atoms with E-state index < -0.39 is 23.9 Å². The highest BCUT2D eigenvalue weighted by atomic mass is 16.7. The van der Waals surface area contributed by atoms with E-state index >= 15 is 0 Å². The summed E-state index contributed by atoms with van der Waals surface area (Å²) in [7, 11) is 0.